The number of para-hydroxylation sites is 2. The minimum Gasteiger partial charge on any atom is -0.495 e. The van der Waals surface area contributed by atoms with Gasteiger partial charge in [-0.1, -0.05) is 23.5 Å². The molecule has 9 heteroatoms. The van der Waals surface area contributed by atoms with E-state index >= 15 is 0 Å². The fraction of sp³-hybridized carbons (Fsp3) is 0.211. The fourth-order valence-electron chi connectivity index (χ4n) is 2.93. The lowest BCUT2D eigenvalue weighted by molar-refractivity contribution is 0.0996. The second-order valence-electron chi connectivity index (χ2n) is 6.12. The normalized spacial score (nSPS) is 13.0. The van der Waals surface area contributed by atoms with Crippen molar-refractivity contribution in [2.75, 3.05) is 24.3 Å². The van der Waals surface area contributed by atoms with E-state index in [2.05, 4.69) is 15.6 Å². The monoisotopic (exact) mass is 398 g/mol. The third-order valence-electron chi connectivity index (χ3n) is 4.33. The van der Waals surface area contributed by atoms with Gasteiger partial charge in [0.25, 0.3) is 5.91 Å². The molecule has 0 saturated heterocycles. The van der Waals surface area contributed by atoms with Gasteiger partial charge < -0.3 is 19.4 Å². The van der Waals surface area contributed by atoms with Crippen LogP contribution in [0.15, 0.2) is 47.1 Å². The van der Waals surface area contributed by atoms with Gasteiger partial charge >= 0.3 is 6.03 Å². The number of ether oxygens (including phenoxy) is 1. The van der Waals surface area contributed by atoms with E-state index in [0.29, 0.717) is 36.1 Å². The number of amides is 3. The van der Waals surface area contributed by atoms with Crippen molar-refractivity contribution in [3.05, 3.63) is 59.0 Å². The smallest absolute Gasteiger partial charge is 0.322 e. The van der Waals surface area contributed by atoms with Crippen molar-refractivity contribution < 1.29 is 18.7 Å². The Kier molecular flexibility index (Phi) is 4.98. The molecule has 0 aliphatic carbocycles. The Morgan fingerprint density at radius 2 is 2.07 bits per heavy atom. The van der Waals surface area contributed by atoms with Crippen molar-refractivity contribution in [3.63, 3.8) is 0 Å². The van der Waals surface area contributed by atoms with E-state index in [1.165, 1.54) is 17.6 Å². The number of rotatable bonds is 4. The average molecular weight is 398 g/mol. The van der Waals surface area contributed by atoms with E-state index in [9.17, 15) is 9.59 Å². The number of carbonyl (C=O) groups excluding carboxylic acids is 2. The lowest BCUT2D eigenvalue weighted by atomic mass is 10.2. The molecule has 2 N–H and O–H groups in total. The van der Waals surface area contributed by atoms with Gasteiger partial charge in [-0.3, -0.25) is 10.1 Å². The van der Waals surface area contributed by atoms with Gasteiger partial charge in [0.1, 0.15) is 5.75 Å². The Morgan fingerprint density at radius 3 is 2.86 bits per heavy atom. The van der Waals surface area contributed by atoms with Crippen LogP contribution in [0.5, 0.6) is 5.75 Å². The molecule has 0 atom stereocenters. The van der Waals surface area contributed by atoms with Crippen LogP contribution in [-0.4, -0.2) is 35.5 Å². The summed E-state index contributed by atoms with van der Waals surface area (Å²) in [6, 6.07) is 10.3. The van der Waals surface area contributed by atoms with Crippen LogP contribution < -0.4 is 15.4 Å². The summed E-state index contributed by atoms with van der Waals surface area (Å²) in [5.74, 6) is 0.488. The summed E-state index contributed by atoms with van der Waals surface area (Å²) in [6.45, 7) is 0.980. The molecular weight excluding hydrogens is 380 g/mol. The Balaban J connectivity index is 1.42. The van der Waals surface area contributed by atoms with Crippen LogP contribution in [0.2, 0.25) is 0 Å². The van der Waals surface area contributed by atoms with Crippen LogP contribution in [-0.2, 0) is 13.0 Å². The quantitative estimate of drug-likeness (QED) is 0.700. The summed E-state index contributed by atoms with van der Waals surface area (Å²) in [5.41, 5.74) is 1.53. The summed E-state index contributed by atoms with van der Waals surface area (Å²) in [5, 5.41) is 6.12. The fourth-order valence-corrected chi connectivity index (χ4v) is 3.95. The molecular formula is C19H18N4O4S. The number of benzene rings is 1. The van der Waals surface area contributed by atoms with E-state index in [1.807, 2.05) is 12.1 Å². The Morgan fingerprint density at radius 1 is 1.21 bits per heavy atom. The van der Waals surface area contributed by atoms with E-state index in [1.54, 1.807) is 36.3 Å². The first-order chi connectivity index (χ1) is 13.6. The maximum atomic E-state index is 12.6. The maximum absolute atomic E-state index is 12.6. The molecule has 0 fully saturated rings. The van der Waals surface area contributed by atoms with Crippen molar-refractivity contribution in [3.8, 4) is 5.75 Å². The molecule has 1 aliphatic heterocycles. The van der Waals surface area contributed by atoms with Gasteiger partial charge in [0, 0.05) is 17.8 Å². The highest BCUT2D eigenvalue weighted by atomic mass is 32.1. The number of nitrogens with one attached hydrogen (secondary N) is 2. The average Bonchev–Trinajstić information content (AvgIpc) is 3.37. The maximum Gasteiger partial charge on any atom is 0.322 e. The van der Waals surface area contributed by atoms with Crippen LogP contribution in [0.4, 0.5) is 15.6 Å². The first-order valence-electron chi connectivity index (χ1n) is 8.66. The van der Waals surface area contributed by atoms with Crippen molar-refractivity contribution in [1.29, 1.82) is 0 Å². The molecule has 0 radical (unpaired) electrons. The van der Waals surface area contributed by atoms with Gasteiger partial charge in [0.15, 0.2) is 10.9 Å². The Hall–Kier alpha value is -3.33. The van der Waals surface area contributed by atoms with E-state index in [4.69, 9.17) is 9.15 Å². The molecule has 3 heterocycles. The third kappa shape index (κ3) is 3.70. The molecule has 0 unspecified atom stereocenters. The SMILES string of the molecule is COc1ccccc1NC(=O)N1CCc2nc(NC(=O)c3ccco3)sc2C1. The number of anilines is 2. The minimum absolute atomic E-state index is 0.204. The zero-order valence-electron chi connectivity index (χ0n) is 15.1. The lowest BCUT2D eigenvalue weighted by Crippen LogP contribution is -2.38. The largest absolute Gasteiger partial charge is 0.495 e. The van der Waals surface area contributed by atoms with Crippen molar-refractivity contribution in [2.45, 2.75) is 13.0 Å². The number of fused-ring (bicyclic) bond motifs is 1. The summed E-state index contributed by atoms with van der Waals surface area (Å²) >= 11 is 1.36. The molecule has 3 amide bonds. The second-order valence-corrected chi connectivity index (χ2v) is 7.21. The van der Waals surface area contributed by atoms with Crippen LogP contribution in [0.1, 0.15) is 21.1 Å². The summed E-state index contributed by atoms with van der Waals surface area (Å²) in [6.07, 6.45) is 2.07. The highest BCUT2D eigenvalue weighted by Crippen LogP contribution is 2.30. The van der Waals surface area contributed by atoms with Gasteiger partial charge in [-0.05, 0) is 24.3 Å². The third-order valence-corrected chi connectivity index (χ3v) is 5.33. The van der Waals surface area contributed by atoms with Gasteiger partial charge in [-0.15, -0.1) is 0 Å². The molecule has 3 aromatic rings. The second kappa shape index (κ2) is 7.73. The topological polar surface area (TPSA) is 96.7 Å². The standard InChI is InChI=1S/C19H18N4O4S/c1-26-14-6-3-2-5-12(14)21-19(25)23-9-8-13-16(11-23)28-18(20-13)22-17(24)15-7-4-10-27-15/h2-7,10H,8-9,11H2,1H3,(H,21,25)(H,20,22,24). The first-order valence-corrected chi connectivity index (χ1v) is 9.48. The number of hydrogen-bond acceptors (Lipinski definition) is 6. The number of nitrogens with zero attached hydrogens (tertiary/aromatic N) is 2. The number of aromatic nitrogens is 1. The molecule has 0 spiro atoms. The predicted molar refractivity (Wildman–Crippen MR) is 105 cm³/mol. The molecule has 1 aromatic carbocycles. The molecule has 0 bridgehead atoms. The lowest BCUT2D eigenvalue weighted by Gasteiger charge is -2.26. The number of thiazole rings is 1. The zero-order chi connectivity index (χ0) is 19.5. The van der Waals surface area contributed by atoms with Crippen molar-refractivity contribution in [2.24, 2.45) is 0 Å². The molecule has 2 aromatic heterocycles. The molecule has 0 saturated carbocycles. The first kappa shape index (κ1) is 18.1. The number of carbonyl (C=O) groups is 2. The predicted octanol–water partition coefficient (Wildman–Crippen LogP) is 3.59. The highest BCUT2D eigenvalue weighted by molar-refractivity contribution is 7.15. The van der Waals surface area contributed by atoms with Gasteiger partial charge in [0.05, 0.1) is 31.3 Å². The number of furan rings is 1. The minimum atomic E-state index is -0.345. The van der Waals surface area contributed by atoms with Crippen molar-refractivity contribution in [1.82, 2.24) is 9.88 Å². The van der Waals surface area contributed by atoms with Crippen LogP contribution in [0.25, 0.3) is 0 Å². The van der Waals surface area contributed by atoms with E-state index in [0.717, 1.165) is 10.6 Å². The van der Waals surface area contributed by atoms with Crippen LogP contribution in [0, 0.1) is 0 Å². The van der Waals surface area contributed by atoms with E-state index in [-0.39, 0.29) is 17.7 Å². The molecule has 28 heavy (non-hydrogen) atoms. The molecule has 144 valence electrons. The zero-order valence-corrected chi connectivity index (χ0v) is 15.9. The Bertz CT molecular complexity index is 999. The highest BCUT2D eigenvalue weighted by Gasteiger charge is 2.25. The van der Waals surface area contributed by atoms with Crippen LogP contribution in [0.3, 0.4) is 0 Å². The van der Waals surface area contributed by atoms with Crippen LogP contribution >= 0.6 is 11.3 Å². The molecule has 1 aliphatic rings. The number of hydrogen-bond donors (Lipinski definition) is 2. The summed E-state index contributed by atoms with van der Waals surface area (Å²) in [4.78, 5) is 31.9. The van der Waals surface area contributed by atoms with E-state index < -0.39 is 0 Å². The van der Waals surface area contributed by atoms with Gasteiger partial charge in [-0.2, -0.15) is 0 Å². The number of methoxy groups -OCH3 is 1. The van der Waals surface area contributed by atoms with Crippen molar-refractivity contribution >= 4 is 34.1 Å². The molecule has 4 rings (SSSR count). The molecule has 8 nitrogen and oxygen atoms in total. The Labute approximate surface area is 165 Å². The summed E-state index contributed by atoms with van der Waals surface area (Å²) < 4.78 is 10.4. The number of urea groups is 1. The van der Waals surface area contributed by atoms with Gasteiger partial charge in [-0.25, -0.2) is 9.78 Å². The van der Waals surface area contributed by atoms with Gasteiger partial charge in [0.2, 0.25) is 0 Å². The summed E-state index contributed by atoms with van der Waals surface area (Å²) in [7, 11) is 1.56.